The number of aromatic nitrogens is 1. The minimum absolute atomic E-state index is 0.182. The number of pyridine rings is 1. The van der Waals surface area contributed by atoms with Gasteiger partial charge in [0.1, 0.15) is 5.15 Å². The van der Waals surface area contributed by atoms with Gasteiger partial charge in [0.15, 0.2) is 0 Å². The number of hydrogen-bond acceptors (Lipinski definition) is 6. The molecule has 0 unspecified atom stereocenters. The first-order valence-corrected chi connectivity index (χ1v) is 11.3. The monoisotopic (exact) mass is 489 g/mol. The van der Waals surface area contributed by atoms with Crippen molar-refractivity contribution in [3.05, 3.63) is 56.7 Å². The number of hydrogen-bond donors (Lipinski definition) is 3. The number of allylic oxidation sites excluding steroid dienone is 1. The number of anilines is 1. The summed E-state index contributed by atoms with van der Waals surface area (Å²) in [5.74, 6) is -2.38. The van der Waals surface area contributed by atoms with Crippen LogP contribution in [0.15, 0.2) is 41.8 Å². The second-order valence-corrected chi connectivity index (χ2v) is 9.31. The Morgan fingerprint density at radius 2 is 2.03 bits per heavy atom. The molecule has 0 radical (unpaired) electrons. The first-order chi connectivity index (χ1) is 14.6. The minimum atomic E-state index is -5.08. The van der Waals surface area contributed by atoms with Crippen molar-refractivity contribution in [3.8, 4) is 0 Å². The van der Waals surface area contributed by atoms with Crippen molar-refractivity contribution >= 4 is 56.1 Å². The molecule has 4 rings (SSSR count). The highest BCUT2D eigenvalue weighted by atomic mass is 35.5. The lowest BCUT2D eigenvalue weighted by Gasteiger charge is -2.23. The first-order valence-electron chi connectivity index (χ1n) is 9.22. The topological polar surface area (TPSA) is 88.2 Å². The molecular formula is C20H19ClF3N3O2S2. The molecule has 2 atom stereocenters. The average molecular weight is 490 g/mol. The van der Waals surface area contributed by atoms with Crippen molar-refractivity contribution in [2.24, 2.45) is 5.73 Å². The summed E-state index contributed by atoms with van der Waals surface area (Å²) < 4.78 is 32.9. The van der Waals surface area contributed by atoms with Crippen LogP contribution >= 0.6 is 34.3 Å². The predicted octanol–water partition coefficient (Wildman–Crippen LogP) is 6.02. The summed E-state index contributed by atoms with van der Waals surface area (Å²) in [5, 5.41) is 13.2. The maximum absolute atomic E-state index is 10.6. The molecule has 0 saturated carbocycles. The molecule has 3 heterocycles. The maximum atomic E-state index is 10.6. The van der Waals surface area contributed by atoms with Gasteiger partial charge in [0.25, 0.3) is 0 Å². The third-order valence-electron chi connectivity index (χ3n) is 4.59. The van der Waals surface area contributed by atoms with Gasteiger partial charge in [-0.3, -0.25) is 0 Å². The molecule has 0 fully saturated rings. The van der Waals surface area contributed by atoms with E-state index >= 15 is 0 Å². The number of thiophene rings is 2. The molecule has 1 aliphatic rings. The SMILES string of the molecule is N[C@H]1CC=CC[C@@H]1c1cc2nc(Cl)cc(NCc3cccs3)c2s1.O=C(O)C(F)(F)F. The second-order valence-electron chi connectivity index (χ2n) is 6.80. The molecule has 31 heavy (non-hydrogen) atoms. The predicted molar refractivity (Wildman–Crippen MR) is 119 cm³/mol. The Labute approximate surface area is 189 Å². The Bertz CT molecular complexity index is 1070. The number of carbonyl (C=O) groups is 1. The van der Waals surface area contributed by atoms with E-state index in [0.717, 1.165) is 35.3 Å². The van der Waals surface area contributed by atoms with E-state index < -0.39 is 12.1 Å². The summed E-state index contributed by atoms with van der Waals surface area (Å²) in [4.78, 5) is 16.0. The molecule has 0 saturated heterocycles. The number of carboxylic acids is 1. The van der Waals surface area contributed by atoms with Crippen molar-refractivity contribution in [1.82, 2.24) is 4.98 Å². The van der Waals surface area contributed by atoms with E-state index in [-0.39, 0.29) is 6.04 Å². The Balaban J connectivity index is 0.000000339. The van der Waals surface area contributed by atoms with Gasteiger partial charge in [0.05, 0.1) is 15.9 Å². The van der Waals surface area contributed by atoms with E-state index in [0.29, 0.717) is 11.1 Å². The van der Waals surface area contributed by atoms with E-state index in [2.05, 4.69) is 46.0 Å². The number of carboxylic acid groups (broad SMARTS) is 1. The van der Waals surface area contributed by atoms with Gasteiger partial charge in [0, 0.05) is 34.3 Å². The van der Waals surface area contributed by atoms with Gasteiger partial charge in [-0.15, -0.1) is 22.7 Å². The number of nitrogens with one attached hydrogen (secondary N) is 1. The highest BCUT2D eigenvalue weighted by molar-refractivity contribution is 7.19. The summed E-state index contributed by atoms with van der Waals surface area (Å²) in [6.07, 6.45) is 1.27. The van der Waals surface area contributed by atoms with E-state index in [4.69, 9.17) is 27.2 Å². The molecule has 166 valence electrons. The Kier molecular flexibility index (Phi) is 7.58. The van der Waals surface area contributed by atoms with Gasteiger partial charge in [-0.25, -0.2) is 9.78 Å². The van der Waals surface area contributed by atoms with E-state index in [1.165, 1.54) is 9.75 Å². The quantitative estimate of drug-likeness (QED) is 0.308. The van der Waals surface area contributed by atoms with Crippen molar-refractivity contribution in [2.75, 3.05) is 5.32 Å². The number of rotatable bonds is 4. The fraction of sp³-hybridized carbons (Fsp3) is 0.300. The van der Waals surface area contributed by atoms with Crippen LogP contribution in [0.25, 0.3) is 10.2 Å². The van der Waals surface area contributed by atoms with Crippen LogP contribution in [-0.4, -0.2) is 28.3 Å². The number of nitrogens with two attached hydrogens (primary N) is 1. The zero-order chi connectivity index (χ0) is 22.6. The number of halogens is 4. The smallest absolute Gasteiger partial charge is 0.475 e. The highest BCUT2D eigenvalue weighted by Crippen LogP contribution is 2.39. The van der Waals surface area contributed by atoms with Crippen molar-refractivity contribution in [2.45, 2.75) is 37.5 Å². The number of alkyl halides is 3. The number of aliphatic carboxylic acids is 1. The fourth-order valence-electron chi connectivity index (χ4n) is 3.08. The van der Waals surface area contributed by atoms with Crippen LogP contribution < -0.4 is 11.1 Å². The number of nitrogens with zero attached hydrogens (tertiary/aromatic N) is 1. The van der Waals surface area contributed by atoms with Crippen molar-refractivity contribution < 1.29 is 23.1 Å². The lowest BCUT2D eigenvalue weighted by Crippen LogP contribution is -2.28. The molecule has 5 nitrogen and oxygen atoms in total. The Morgan fingerprint density at radius 1 is 1.32 bits per heavy atom. The van der Waals surface area contributed by atoms with Gasteiger partial charge in [-0.05, 0) is 30.4 Å². The number of fused-ring (bicyclic) bond motifs is 1. The molecule has 0 bridgehead atoms. The van der Waals surface area contributed by atoms with Crippen LogP contribution in [0.1, 0.15) is 28.5 Å². The third kappa shape index (κ3) is 6.19. The third-order valence-corrected chi connectivity index (χ3v) is 6.95. The van der Waals surface area contributed by atoms with Gasteiger partial charge in [0.2, 0.25) is 0 Å². The van der Waals surface area contributed by atoms with Crippen LogP contribution in [0, 0.1) is 0 Å². The summed E-state index contributed by atoms with van der Waals surface area (Å²) in [6.45, 7) is 0.798. The normalized spacial score (nSPS) is 18.5. The van der Waals surface area contributed by atoms with Gasteiger partial charge in [-0.1, -0.05) is 29.8 Å². The standard InChI is InChI=1S/C18H18ClN3S2.C2HF3O2/c19-17-9-14(21-10-11-4-3-7-23-11)18-15(22-17)8-16(24-18)12-5-1-2-6-13(12)20;3-2(4,5)1(6)7/h1-4,7-9,12-13H,5-6,10,20H2,(H,21,22);(H,6,7)/t12-,13-;/m0./s1. The molecule has 0 amide bonds. The van der Waals surface area contributed by atoms with Crippen LogP contribution in [0.5, 0.6) is 0 Å². The van der Waals surface area contributed by atoms with Gasteiger partial charge in [-0.2, -0.15) is 13.2 Å². The van der Waals surface area contributed by atoms with Crippen molar-refractivity contribution in [1.29, 1.82) is 0 Å². The van der Waals surface area contributed by atoms with Crippen molar-refractivity contribution in [3.63, 3.8) is 0 Å². The molecule has 0 aliphatic heterocycles. The molecule has 0 aromatic carbocycles. The molecule has 3 aromatic heterocycles. The van der Waals surface area contributed by atoms with Crippen LogP contribution in [0.3, 0.4) is 0 Å². The lowest BCUT2D eigenvalue weighted by molar-refractivity contribution is -0.192. The summed E-state index contributed by atoms with van der Waals surface area (Å²) in [7, 11) is 0. The Hall–Kier alpha value is -2.14. The molecule has 1 aliphatic carbocycles. The minimum Gasteiger partial charge on any atom is -0.475 e. The van der Waals surface area contributed by atoms with Crippen LogP contribution in [-0.2, 0) is 11.3 Å². The molecule has 0 spiro atoms. The fourth-order valence-corrected chi connectivity index (χ4v) is 5.20. The van der Waals surface area contributed by atoms with E-state index in [1.54, 1.807) is 22.7 Å². The molecule has 3 aromatic rings. The summed E-state index contributed by atoms with van der Waals surface area (Å²) in [5.41, 5.74) is 8.33. The van der Waals surface area contributed by atoms with Gasteiger partial charge >= 0.3 is 12.1 Å². The van der Waals surface area contributed by atoms with E-state index in [9.17, 15) is 13.2 Å². The second kappa shape index (κ2) is 9.99. The zero-order valence-electron chi connectivity index (χ0n) is 16.0. The molecule has 4 N–H and O–H groups in total. The lowest BCUT2D eigenvalue weighted by atomic mass is 9.88. The Morgan fingerprint density at radius 3 is 2.65 bits per heavy atom. The molecular weight excluding hydrogens is 471 g/mol. The first kappa shape index (κ1) is 23.5. The van der Waals surface area contributed by atoms with Crippen LogP contribution in [0.2, 0.25) is 5.15 Å². The molecule has 11 heteroatoms. The largest absolute Gasteiger partial charge is 0.490 e. The van der Waals surface area contributed by atoms with Crippen LogP contribution in [0.4, 0.5) is 18.9 Å². The maximum Gasteiger partial charge on any atom is 0.490 e. The van der Waals surface area contributed by atoms with Gasteiger partial charge < -0.3 is 16.2 Å². The van der Waals surface area contributed by atoms with E-state index in [1.807, 2.05) is 6.07 Å². The summed E-state index contributed by atoms with van der Waals surface area (Å²) in [6, 6.07) is 8.45. The zero-order valence-corrected chi connectivity index (χ0v) is 18.4. The summed E-state index contributed by atoms with van der Waals surface area (Å²) >= 11 is 9.76. The average Bonchev–Trinajstić information content (AvgIpc) is 3.35. The highest BCUT2D eigenvalue weighted by Gasteiger charge is 2.38.